The highest BCUT2D eigenvalue weighted by molar-refractivity contribution is 6.16. The van der Waals surface area contributed by atoms with Gasteiger partial charge in [-0.15, -0.1) is 0 Å². The van der Waals surface area contributed by atoms with Gasteiger partial charge in [-0.05, 0) is 67.3 Å². The molecule has 1 fully saturated rings. The molecule has 2 aromatic rings. The second-order valence-corrected chi connectivity index (χ2v) is 8.86. The van der Waals surface area contributed by atoms with Crippen LogP contribution in [0.4, 0.5) is 11.4 Å². The first-order valence-corrected chi connectivity index (χ1v) is 11.4. The molecule has 1 atom stereocenters. The Bertz CT molecular complexity index is 1120. The number of ether oxygens (including phenoxy) is 2. The second kappa shape index (κ2) is 11.1. The number of rotatable bonds is 8. The summed E-state index contributed by atoms with van der Waals surface area (Å²) >= 11 is 0. The quantitative estimate of drug-likeness (QED) is 0.412. The molecule has 0 heterocycles. The molecule has 180 valence electrons. The Morgan fingerprint density at radius 3 is 2.03 bits per heavy atom. The second-order valence-electron chi connectivity index (χ2n) is 8.86. The predicted molar refractivity (Wildman–Crippen MR) is 139 cm³/mol. The minimum absolute atomic E-state index is 0.102. The van der Waals surface area contributed by atoms with Gasteiger partial charge in [0.1, 0.15) is 11.5 Å². The third kappa shape index (κ3) is 5.68. The summed E-state index contributed by atoms with van der Waals surface area (Å²) in [7, 11) is 11.1. The van der Waals surface area contributed by atoms with E-state index >= 15 is 0 Å². The van der Waals surface area contributed by atoms with Crippen molar-refractivity contribution in [1.82, 2.24) is 0 Å². The van der Waals surface area contributed by atoms with Gasteiger partial charge < -0.3 is 19.3 Å². The van der Waals surface area contributed by atoms with Crippen LogP contribution < -0.4 is 19.3 Å². The van der Waals surface area contributed by atoms with Crippen LogP contribution in [-0.2, 0) is 9.59 Å². The summed E-state index contributed by atoms with van der Waals surface area (Å²) < 4.78 is 11.0. The Balaban J connectivity index is 1.81. The first-order valence-electron chi connectivity index (χ1n) is 11.4. The molecule has 6 heteroatoms. The minimum Gasteiger partial charge on any atom is -0.496 e. The van der Waals surface area contributed by atoms with E-state index < -0.39 is 5.92 Å². The minimum atomic E-state index is -0.657. The number of nitrogens with zero attached hydrogens (tertiary/aromatic N) is 2. The maximum atomic E-state index is 13.2. The van der Waals surface area contributed by atoms with E-state index in [2.05, 4.69) is 0 Å². The lowest BCUT2D eigenvalue weighted by Gasteiger charge is -2.21. The third-order valence-corrected chi connectivity index (χ3v) is 6.14. The molecule has 0 N–H and O–H groups in total. The van der Waals surface area contributed by atoms with Crippen molar-refractivity contribution in [2.24, 2.45) is 5.92 Å². The summed E-state index contributed by atoms with van der Waals surface area (Å²) in [5, 5.41) is 0. The van der Waals surface area contributed by atoms with Crippen LogP contribution in [0.3, 0.4) is 0 Å². The molecule has 34 heavy (non-hydrogen) atoms. The SMILES string of the molecule is COc1cc(N(C)C)ccc1C=CC(=O)C1CCCC(=Cc2ccc(N(C)C)cc2OC)C1=O. The van der Waals surface area contributed by atoms with Gasteiger partial charge in [0.05, 0.1) is 20.1 Å². The van der Waals surface area contributed by atoms with Gasteiger partial charge >= 0.3 is 0 Å². The predicted octanol–water partition coefficient (Wildman–Crippen LogP) is 4.87. The number of carbonyl (C=O) groups excluding carboxylic acids is 2. The zero-order valence-electron chi connectivity index (χ0n) is 20.9. The molecule has 0 radical (unpaired) electrons. The smallest absolute Gasteiger partial charge is 0.169 e. The lowest BCUT2D eigenvalue weighted by atomic mass is 9.81. The summed E-state index contributed by atoms with van der Waals surface area (Å²) in [6.07, 6.45) is 7.12. The number of allylic oxidation sites excluding steroid dienone is 2. The number of carbonyl (C=O) groups is 2. The molecule has 0 amide bonds. The molecule has 0 saturated heterocycles. The van der Waals surface area contributed by atoms with E-state index in [4.69, 9.17) is 9.47 Å². The maximum absolute atomic E-state index is 13.2. The van der Waals surface area contributed by atoms with Crippen LogP contribution in [0.15, 0.2) is 48.0 Å². The zero-order valence-corrected chi connectivity index (χ0v) is 20.9. The lowest BCUT2D eigenvalue weighted by Crippen LogP contribution is -2.27. The molecule has 1 unspecified atom stereocenters. The zero-order chi connectivity index (χ0) is 24.8. The number of anilines is 2. The van der Waals surface area contributed by atoms with Gasteiger partial charge in [-0.1, -0.05) is 0 Å². The maximum Gasteiger partial charge on any atom is 0.169 e. The van der Waals surface area contributed by atoms with Crippen molar-refractivity contribution in [3.63, 3.8) is 0 Å². The van der Waals surface area contributed by atoms with Crippen molar-refractivity contribution in [2.75, 3.05) is 52.2 Å². The largest absolute Gasteiger partial charge is 0.496 e. The van der Waals surface area contributed by atoms with E-state index in [0.717, 1.165) is 28.9 Å². The van der Waals surface area contributed by atoms with E-state index in [9.17, 15) is 9.59 Å². The number of Topliss-reactive ketones (excluding diaryl/α,β-unsaturated/α-hetero) is 1. The van der Waals surface area contributed by atoms with E-state index in [0.29, 0.717) is 29.9 Å². The summed E-state index contributed by atoms with van der Waals surface area (Å²) in [5.41, 5.74) is 4.33. The van der Waals surface area contributed by atoms with Gasteiger partial charge in [-0.2, -0.15) is 0 Å². The molecule has 0 bridgehead atoms. The number of hydrogen-bond donors (Lipinski definition) is 0. The van der Waals surface area contributed by atoms with Crippen molar-refractivity contribution in [1.29, 1.82) is 0 Å². The van der Waals surface area contributed by atoms with Crippen LogP contribution in [0.25, 0.3) is 12.2 Å². The molecule has 6 nitrogen and oxygen atoms in total. The Labute approximate surface area is 202 Å². The number of benzene rings is 2. The standard InChI is InChI=1S/C28H34N2O4/c1-29(2)22-13-10-19(26(17-22)33-5)12-15-25(31)24-9-7-8-21(28(24)32)16-20-11-14-23(30(3)4)18-27(20)34-6/h10-18,24H,7-9H2,1-6H3. The number of ketones is 2. The average molecular weight is 463 g/mol. The topological polar surface area (TPSA) is 59.1 Å². The van der Waals surface area contributed by atoms with E-state index in [1.54, 1.807) is 20.3 Å². The van der Waals surface area contributed by atoms with Crippen LogP contribution in [0.1, 0.15) is 30.4 Å². The Hall–Kier alpha value is -3.54. The monoisotopic (exact) mass is 462 g/mol. The Morgan fingerprint density at radius 1 is 0.912 bits per heavy atom. The fourth-order valence-electron chi connectivity index (χ4n) is 4.08. The van der Waals surface area contributed by atoms with Crippen LogP contribution in [0.2, 0.25) is 0 Å². The highest BCUT2D eigenvalue weighted by Gasteiger charge is 2.31. The fraction of sp³-hybridized carbons (Fsp3) is 0.357. The van der Waals surface area contributed by atoms with Gasteiger partial charge in [0.25, 0.3) is 0 Å². The Morgan fingerprint density at radius 2 is 1.47 bits per heavy atom. The third-order valence-electron chi connectivity index (χ3n) is 6.14. The van der Waals surface area contributed by atoms with Crippen molar-refractivity contribution in [2.45, 2.75) is 19.3 Å². The van der Waals surface area contributed by atoms with Crippen LogP contribution in [-0.4, -0.2) is 54.0 Å². The molecule has 0 aromatic heterocycles. The van der Waals surface area contributed by atoms with Crippen LogP contribution >= 0.6 is 0 Å². The number of methoxy groups -OCH3 is 2. The summed E-state index contributed by atoms with van der Waals surface area (Å²) in [4.78, 5) is 30.2. The molecule has 1 aliphatic rings. The highest BCUT2D eigenvalue weighted by atomic mass is 16.5. The molecular weight excluding hydrogens is 428 g/mol. The lowest BCUT2D eigenvalue weighted by molar-refractivity contribution is -0.129. The van der Waals surface area contributed by atoms with Gasteiger partial charge in [-0.25, -0.2) is 0 Å². The molecule has 0 aliphatic heterocycles. The molecule has 3 rings (SSSR count). The summed E-state index contributed by atoms with van der Waals surface area (Å²) in [6, 6.07) is 11.7. The molecular formula is C28H34N2O4. The van der Waals surface area contributed by atoms with Crippen LogP contribution in [0, 0.1) is 5.92 Å². The first kappa shape index (κ1) is 25.1. The van der Waals surface area contributed by atoms with Crippen molar-refractivity contribution in [3.8, 4) is 11.5 Å². The molecule has 1 saturated carbocycles. The highest BCUT2D eigenvalue weighted by Crippen LogP contribution is 2.32. The van der Waals surface area contributed by atoms with Crippen LogP contribution in [0.5, 0.6) is 11.5 Å². The summed E-state index contributed by atoms with van der Waals surface area (Å²) in [6.45, 7) is 0. The van der Waals surface area contributed by atoms with Gasteiger partial charge in [0, 0.05) is 62.8 Å². The summed E-state index contributed by atoms with van der Waals surface area (Å²) in [5.74, 6) is 0.446. The van der Waals surface area contributed by atoms with Gasteiger partial charge in [0.15, 0.2) is 11.6 Å². The average Bonchev–Trinajstić information content (AvgIpc) is 2.83. The molecule has 1 aliphatic carbocycles. The Kier molecular flexibility index (Phi) is 8.16. The fourth-order valence-corrected chi connectivity index (χ4v) is 4.08. The van der Waals surface area contributed by atoms with E-state index in [1.807, 2.05) is 80.5 Å². The van der Waals surface area contributed by atoms with E-state index in [1.165, 1.54) is 6.08 Å². The first-order chi connectivity index (χ1) is 16.2. The van der Waals surface area contributed by atoms with Gasteiger partial charge in [0.2, 0.25) is 0 Å². The molecule has 0 spiro atoms. The van der Waals surface area contributed by atoms with Crippen molar-refractivity contribution in [3.05, 3.63) is 59.2 Å². The van der Waals surface area contributed by atoms with Crippen molar-refractivity contribution >= 4 is 35.1 Å². The van der Waals surface area contributed by atoms with E-state index in [-0.39, 0.29) is 11.6 Å². The molecule has 2 aromatic carbocycles. The number of hydrogen-bond acceptors (Lipinski definition) is 6. The van der Waals surface area contributed by atoms with Crippen molar-refractivity contribution < 1.29 is 19.1 Å². The normalized spacial score (nSPS) is 17.2. The van der Waals surface area contributed by atoms with Gasteiger partial charge in [-0.3, -0.25) is 9.59 Å².